The fourth-order valence-electron chi connectivity index (χ4n) is 2.53. The van der Waals surface area contributed by atoms with Gasteiger partial charge in [0.1, 0.15) is 0 Å². The molecule has 2 fully saturated rings. The fourth-order valence-corrected chi connectivity index (χ4v) is 2.53. The van der Waals surface area contributed by atoms with Gasteiger partial charge in [-0.3, -0.25) is 14.6 Å². The molecule has 1 saturated heterocycles. The monoisotopic (exact) mass is 221 g/mol. The Kier molecular flexibility index (Phi) is 2.59. The Bertz CT molecular complexity index is 410. The van der Waals surface area contributed by atoms with Crippen molar-refractivity contribution in [3.63, 3.8) is 0 Å². The van der Waals surface area contributed by atoms with Crippen LogP contribution in [0.1, 0.15) is 37.3 Å². The van der Waals surface area contributed by atoms with Gasteiger partial charge in [-0.15, -0.1) is 0 Å². The molecular weight excluding hydrogens is 202 g/mol. The minimum Gasteiger partial charge on any atom is -0.316 e. The summed E-state index contributed by atoms with van der Waals surface area (Å²) in [6, 6.07) is 1.79. The second-order valence-electron chi connectivity index (χ2n) is 5.15. The van der Waals surface area contributed by atoms with Crippen molar-refractivity contribution in [1.82, 2.24) is 15.1 Å². The Morgan fingerprint density at radius 3 is 2.94 bits per heavy atom. The van der Waals surface area contributed by atoms with Crippen molar-refractivity contribution < 1.29 is 0 Å². The van der Waals surface area contributed by atoms with Crippen molar-refractivity contribution in [1.29, 1.82) is 0 Å². The maximum Gasteiger partial charge on any atom is 0.266 e. The molecule has 0 spiro atoms. The predicted molar refractivity (Wildman–Crippen MR) is 62.6 cm³/mol. The molecule has 0 aromatic carbocycles. The molecule has 0 unspecified atom stereocenters. The normalized spacial score (nSPS) is 25.9. The van der Waals surface area contributed by atoms with E-state index in [4.69, 9.17) is 0 Å². The van der Waals surface area contributed by atoms with E-state index in [0.29, 0.717) is 11.8 Å². The molecule has 1 aliphatic carbocycles. The molecule has 1 atom stereocenters. The van der Waals surface area contributed by atoms with Crippen molar-refractivity contribution in [2.45, 2.75) is 38.1 Å². The summed E-state index contributed by atoms with van der Waals surface area (Å²) in [5.74, 6) is 1.25. The third-order valence-electron chi connectivity index (χ3n) is 3.67. The highest BCUT2D eigenvalue weighted by molar-refractivity contribution is 5.12. The van der Waals surface area contributed by atoms with Crippen molar-refractivity contribution in [2.75, 3.05) is 13.1 Å². The zero-order valence-corrected chi connectivity index (χ0v) is 9.54. The Balaban J connectivity index is 1.70. The van der Waals surface area contributed by atoms with Gasteiger partial charge in [0, 0.05) is 24.2 Å². The standard InChI is InChI=1S/C12H19N3O/c16-12-6-11(10-3-4-10)14-15(12)8-9-2-1-5-13-7-9/h6,9-10,13-14H,1-5,7-8H2/t9-/m1/s1. The first-order valence-electron chi connectivity index (χ1n) is 6.33. The highest BCUT2D eigenvalue weighted by atomic mass is 16.1. The third kappa shape index (κ3) is 2.07. The Morgan fingerprint density at radius 1 is 1.38 bits per heavy atom. The summed E-state index contributed by atoms with van der Waals surface area (Å²) in [6.45, 7) is 3.02. The van der Waals surface area contributed by atoms with Crippen LogP contribution in [0.3, 0.4) is 0 Å². The summed E-state index contributed by atoms with van der Waals surface area (Å²) in [5.41, 5.74) is 1.29. The summed E-state index contributed by atoms with van der Waals surface area (Å²) < 4.78 is 1.80. The van der Waals surface area contributed by atoms with E-state index in [1.54, 1.807) is 10.7 Å². The van der Waals surface area contributed by atoms with E-state index < -0.39 is 0 Å². The lowest BCUT2D eigenvalue weighted by Gasteiger charge is -2.22. The van der Waals surface area contributed by atoms with Gasteiger partial charge in [0.25, 0.3) is 5.56 Å². The maximum absolute atomic E-state index is 11.8. The van der Waals surface area contributed by atoms with E-state index in [1.165, 1.54) is 25.7 Å². The highest BCUT2D eigenvalue weighted by Gasteiger charge is 2.26. The molecule has 2 aliphatic rings. The van der Waals surface area contributed by atoms with E-state index in [9.17, 15) is 4.79 Å². The molecule has 1 saturated carbocycles. The molecule has 0 radical (unpaired) electrons. The molecule has 4 nitrogen and oxygen atoms in total. The molecule has 1 aromatic rings. The van der Waals surface area contributed by atoms with Crippen LogP contribution in [-0.4, -0.2) is 22.9 Å². The van der Waals surface area contributed by atoms with Gasteiger partial charge in [-0.05, 0) is 44.7 Å². The highest BCUT2D eigenvalue weighted by Crippen LogP contribution is 2.38. The Morgan fingerprint density at radius 2 is 2.25 bits per heavy atom. The van der Waals surface area contributed by atoms with Gasteiger partial charge < -0.3 is 5.32 Å². The molecule has 1 aliphatic heterocycles. The van der Waals surface area contributed by atoms with Crippen LogP contribution >= 0.6 is 0 Å². The van der Waals surface area contributed by atoms with Gasteiger partial charge in [-0.2, -0.15) is 0 Å². The molecule has 0 bridgehead atoms. The number of aromatic amines is 1. The molecule has 1 aromatic heterocycles. The van der Waals surface area contributed by atoms with Crippen LogP contribution in [0.25, 0.3) is 0 Å². The lowest BCUT2D eigenvalue weighted by Crippen LogP contribution is -2.34. The van der Waals surface area contributed by atoms with Crippen LogP contribution in [0.2, 0.25) is 0 Å². The van der Waals surface area contributed by atoms with Crippen LogP contribution in [0.5, 0.6) is 0 Å². The van der Waals surface area contributed by atoms with Crippen molar-refractivity contribution >= 4 is 0 Å². The molecule has 88 valence electrons. The largest absolute Gasteiger partial charge is 0.316 e. The van der Waals surface area contributed by atoms with Crippen LogP contribution in [-0.2, 0) is 6.54 Å². The number of hydrogen-bond donors (Lipinski definition) is 2. The second kappa shape index (κ2) is 4.09. The van der Waals surface area contributed by atoms with Gasteiger partial charge in [-0.25, -0.2) is 0 Å². The Hall–Kier alpha value is -1.03. The van der Waals surface area contributed by atoms with Crippen LogP contribution in [0.15, 0.2) is 10.9 Å². The summed E-state index contributed by atoms with van der Waals surface area (Å²) >= 11 is 0. The summed E-state index contributed by atoms with van der Waals surface area (Å²) in [4.78, 5) is 11.8. The van der Waals surface area contributed by atoms with E-state index >= 15 is 0 Å². The van der Waals surface area contributed by atoms with Gasteiger partial charge in [-0.1, -0.05) is 0 Å². The van der Waals surface area contributed by atoms with E-state index in [2.05, 4.69) is 10.4 Å². The van der Waals surface area contributed by atoms with Crippen LogP contribution in [0, 0.1) is 5.92 Å². The van der Waals surface area contributed by atoms with Crippen molar-refractivity contribution in [2.24, 2.45) is 5.92 Å². The maximum atomic E-state index is 11.8. The Labute approximate surface area is 95.0 Å². The number of nitrogens with one attached hydrogen (secondary N) is 2. The summed E-state index contributed by atoms with van der Waals surface area (Å²) in [5, 5.41) is 6.65. The number of nitrogens with zero attached hydrogens (tertiary/aromatic N) is 1. The molecule has 3 rings (SSSR count). The predicted octanol–water partition coefficient (Wildman–Crippen LogP) is 1.05. The SMILES string of the molecule is O=c1cc(C2CC2)[nH]n1C[C@@H]1CCCNC1. The smallest absolute Gasteiger partial charge is 0.266 e. The average Bonchev–Trinajstić information content (AvgIpc) is 3.07. The lowest BCUT2D eigenvalue weighted by atomic mass is 10.00. The van der Waals surface area contributed by atoms with Gasteiger partial charge in [0.2, 0.25) is 0 Å². The minimum absolute atomic E-state index is 0.146. The molecule has 2 N–H and O–H groups in total. The minimum atomic E-state index is 0.146. The van der Waals surface area contributed by atoms with Gasteiger partial charge >= 0.3 is 0 Å². The summed E-state index contributed by atoms with van der Waals surface area (Å²) in [6.07, 6.45) is 4.95. The molecule has 16 heavy (non-hydrogen) atoms. The number of aromatic nitrogens is 2. The van der Waals surface area contributed by atoms with Crippen LogP contribution in [0.4, 0.5) is 0 Å². The van der Waals surface area contributed by atoms with Crippen molar-refractivity contribution in [3.05, 3.63) is 22.1 Å². The number of hydrogen-bond acceptors (Lipinski definition) is 2. The summed E-state index contributed by atoms with van der Waals surface area (Å²) in [7, 11) is 0. The zero-order chi connectivity index (χ0) is 11.0. The van der Waals surface area contributed by atoms with Crippen LogP contribution < -0.4 is 10.9 Å². The number of rotatable bonds is 3. The zero-order valence-electron chi connectivity index (χ0n) is 9.54. The first kappa shape index (κ1) is 10.1. The third-order valence-corrected chi connectivity index (χ3v) is 3.67. The van der Waals surface area contributed by atoms with E-state index in [1.807, 2.05) is 0 Å². The van der Waals surface area contributed by atoms with E-state index in [0.717, 1.165) is 25.3 Å². The number of H-pyrrole nitrogens is 1. The molecule has 4 heteroatoms. The van der Waals surface area contributed by atoms with Gasteiger partial charge in [0.15, 0.2) is 0 Å². The molecule has 0 amide bonds. The topological polar surface area (TPSA) is 49.8 Å². The van der Waals surface area contributed by atoms with E-state index in [-0.39, 0.29) is 5.56 Å². The molecule has 2 heterocycles. The average molecular weight is 221 g/mol. The second-order valence-corrected chi connectivity index (χ2v) is 5.15. The first-order valence-corrected chi connectivity index (χ1v) is 6.33. The molecular formula is C12H19N3O. The number of piperidine rings is 1. The lowest BCUT2D eigenvalue weighted by molar-refractivity contribution is 0.321. The fraction of sp³-hybridized carbons (Fsp3) is 0.750. The first-order chi connectivity index (χ1) is 7.83. The van der Waals surface area contributed by atoms with Crippen molar-refractivity contribution in [3.8, 4) is 0 Å². The van der Waals surface area contributed by atoms with Gasteiger partial charge in [0.05, 0.1) is 0 Å². The quantitative estimate of drug-likeness (QED) is 0.801.